The fourth-order valence-corrected chi connectivity index (χ4v) is 5.49. The molecule has 40 heavy (non-hydrogen) atoms. The van der Waals surface area contributed by atoms with Crippen LogP contribution in [-0.4, -0.2) is 91.5 Å². The molecule has 4 heterocycles. The molecule has 2 saturated heterocycles. The summed E-state index contributed by atoms with van der Waals surface area (Å²) in [6.07, 6.45) is 2.54. The monoisotopic (exact) mass is 554 g/mol. The van der Waals surface area contributed by atoms with Crippen molar-refractivity contribution in [1.82, 2.24) is 24.6 Å². The second kappa shape index (κ2) is 10.7. The Bertz CT molecular complexity index is 1420. The molecule has 3 aromatic rings. The maximum Gasteiger partial charge on any atom is 0.327 e. The van der Waals surface area contributed by atoms with Gasteiger partial charge in [0, 0.05) is 38.8 Å². The van der Waals surface area contributed by atoms with E-state index < -0.39 is 36.0 Å². The highest BCUT2D eigenvalue weighted by Gasteiger charge is 2.50. The number of hydrogen-bond acceptors (Lipinski definition) is 8. The highest BCUT2D eigenvalue weighted by Crippen LogP contribution is 2.38. The predicted molar refractivity (Wildman–Crippen MR) is 139 cm³/mol. The second-order valence-electron chi connectivity index (χ2n) is 10.5. The number of urea groups is 1. The zero-order valence-electron chi connectivity index (χ0n) is 22.4. The Hall–Kier alpha value is -4.26. The van der Waals surface area contributed by atoms with Crippen LogP contribution >= 0.6 is 0 Å². The molecule has 212 valence electrons. The Balaban J connectivity index is 1.52. The number of benzene rings is 1. The SMILES string of the molecule is Cc1cocc1C(=O)n1nc(C2C(C)CN(C(=O)N3CCC(O)C3)C2C(=O)O)nc1N(C)Cc1ccc(F)cc1. The number of nitrogens with zero attached hydrogens (tertiary/aromatic N) is 6. The molecule has 13 heteroatoms. The van der Waals surface area contributed by atoms with Crippen LogP contribution in [0.2, 0.25) is 0 Å². The van der Waals surface area contributed by atoms with Crippen LogP contribution in [0.4, 0.5) is 15.1 Å². The number of hydrogen-bond donors (Lipinski definition) is 2. The molecule has 1 aromatic carbocycles. The molecule has 0 aliphatic carbocycles. The molecule has 4 atom stereocenters. The summed E-state index contributed by atoms with van der Waals surface area (Å²) in [6, 6.07) is 4.18. The predicted octanol–water partition coefficient (Wildman–Crippen LogP) is 2.32. The summed E-state index contributed by atoms with van der Waals surface area (Å²) in [6.45, 7) is 4.43. The molecule has 4 unspecified atom stereocenters. The molecule has 2 N–H and O–H groups in total. The first-order valence-corrected chi connectivity index (χ1v) is 13.0. The molecule has 0 spiro atoms. The fraction of sp³-hybridized carbons (Fsp3) is 0.444. The minimum atomic E-state index is -1.27. The molecule has 2 aliphatic rings. The maximum atomic E-state index is 13.6. The third kappa shape index (κ3) is 5.04. The number of rotatable bonds is 6. The number of β-amino-alcohol motifs (C(OH)–C–C–N with tert-alkyl or cyclic N) is 1. The smallest absolute Gasteiger partial charge is 0.327 e. The van der Waals surface area contributed by atoms with Gasteiger partial charge in [0.2, 0.25) is 5.95 Å². The summed E-state index contributed by atoms with van der Waals surface area (Å²) in [5.41, 5.74) is 1.62. The van der Waals surface area contributed by atoms with E-state index in [0.29, 0.717) is 18.5 Å². The molecule has 2 amide bonds. The number of aliphatic hydroxyl groups is 1. The van der Waals surface area contributed by atoms with Crippen molar-refractivity contribution in [2.45, 2.75) is 44.9 Å². The van der Waals surface area contributed by atoms with Crippen LogP contribution in [0.25, 0.3) is 0 Å². The van der Waals surface area contributed by atoms with Gasteiger partial charge >= 0.3 is 12.0 Å². The minimum Gasteiger partial charge on any atom is -0.480 e. The van der Waals surface area contributed by atoms with E-state index in [1.807, 2.05) is 6.92 Å². The Kier molecular flexibility index (Phi) is 7.32. The van der Waals surface area contributed by atoms with Gasteiger partial charge in [0.1, 0.15) is 18.1 Å². The number of aliphatic hydroxyl groups excluding tert-OH is 1. The lowest BCUT2D eigenvalue weighted by Gasteiger charge is -2.28. The van der Waals surface area contributed by atoms with Crippen LogP contribution in [-0.2, 0) is 11.3 Å². The van der Waals surface area contributed by atoms with Crippen LogP contribution in [0.5, 0.6) is 0 Å². The van der Waals surface area contributed by atoms with Crippen molar-refractivity contribution in [2.24, 2.45) is 5.92 Å². The Labute approximate surface area is 229 Å². The van der Waals surface area contributed by atoms with Gasteiger partial charge in [0.05, 0.1) is 23.8 Å². The van der Waals surface area contributed by atoms with Gasteiger partial charge in [-0.15, -0.1) is 5.10 Å². The van der Waals surface area contributed by atoms with E-state index in [0.717, 1.165) is 10.2 Å². The second-order valence-corrected chi connectivity index (χ2v) is 10.5. The zero-order chi connectivity index (χ0) is 28.7. The van der Waals surface area contributed by atoms with Crippen molar-refractivity contribution >= 4 is 23.9 Å². The van der Waals surface area contributed by atoms with Gasteiger partial charge in [-0.1, -0.05) is 19.1 Å². The van der Waals surface area contributed by atoms with Gasteiger partial charge in [-0.05, 0) is 37.0 Å². The molecular formula is C27H31FN6O6. The Morgan fingerprint density at radius 2 is 1.90 bits per heavy atom. The van der Waals surface area contributed by atoms with E-state index in [-0.39, 0.29) is 48.7 Å². The van der Waals surface area contributed by atoms with Crippen LogP contribution in [0.1, 0.15) is 46.6 Å². The van der Waals surface area contributed by atoms with E-state index in [2.05, 4.69) is 10.1 Å². The number of likely N-dealkylation sites (tertiary alicyclic amines) is 2. The quantitative estimate of drug-likeness (QED) is 0.469. The summed E-state index contributed by atoms with van der Waals surface area (Å²) in [7, 11) is 1.70. The van der Waals surface area contributed by atoms with Crippen molar-refractivity contribution in [3.05, 3.63) is 65.1 Å². The number of furan rings is 1. The third-order valence-corrected chi connectivity index (χ3v) is 7.56. The minimum absolute atomic E-state index is 0.118. The molecule has 0 radical (unpaired) electrons. The third-order valence-electron chi connectivity index (χ3n) is 7.56. The number of carbonyl (C=O) groups is 3. The number of carboxylic acid groups (broad SMARTS) is 1. The largest absolute Gasteiger partial charge is 0.480 e. The number of carboxylic acids is 1. The van der Waals surface area contributed by atoms with Crippen molar-refractivity contribution in [2.75, 3.05) is 31.6 Å². The summed E-state index contributed by atoms with van der Waals surface area (Å²) in [4.78, 5) is 48.4. The van der Waals surface area contributed by atoms with E-state index in [1.165, 1.54) is 34.5 Å². The average Bonchev–Trinajstić information content (AvgIpc) is 3.70. The van der Waals surface area contributed by atoms with Crippen molar-refractivity contribution in [3.8, 4) is 0 Å². The highest BCUT2D eigenvalue weighted by molar-refractivity contribution is 5.97. The van der Waals surface area contributed by atoms with Gasteiger partial charge in [-0.3, -0.25) is 4.79 Å². The molecule has 2 fully saturated rings. The number of amides is 2. The number of aryl methyl sites for hydroxylation is 1. The summed E-state index contributed by atoms with van der Waals surface area (Å²) >= 11 is 0. The number of aliphatic carboxylic acids is 1. The number of aromatic nitrogens is 3. The molecule has 2 aromatic heterocycles. The van der Waals surface area contributed by atoms with Crippen molar-refractivity contribution in [3.63, 3.8) is 0 Å². The Morgan fingerprint density at radius 1 is 1.18 bits per heavy atom. The topological polar surface area (TPSA) is 145 Å². The maximum absolute atomic E-state index is 13.6. The fourth-order valence-electron chi connectivity index (χ4n) is 5.49. The first-order valence-electron chi connectivity index (χ1n) is 13.0. The molecule has 2 aliphatic heterocycles. The summed E-state index contributed by atoms with van der Waals surface area (Å²) in [5.74, 6) is -2.96. The zero-order valence-corrected chi connectivity index (χ0v) is 22.4. The van der Waals surface area contributed by atoms with E-state index >= 15 is 0 Å². The molecule has 12 nitrogen and oxygen atoms in total. The lowest BCUT2D eigenvalue weighted by atomic mass is 9.91. The highest BCUT2D eigenvalue weighted by atomic mass is 19.1. The Morgan fingerprint density at radius 3 is 2.50 bits per heavy atom. The molecular weight excluding hydrogens is 523 g/mol. The van der Waals surface area contributed by atoms with E-state index in [4.69, 9.17) is 4.42 Å². The van der Waals surface area contributed by atoms with Gasteiger partial charge in [-0.2, -0.15) is 9.67 Å². The summed E-state index contributed by atoms with van der Waals surface area (Å²) in [5, 5.41) is 24.6. The lowest BCUT2D eigenvalue weighted by Crippen LogP contribution is -2.48. The van der Waals surface area contributed by atoms with Gasteiger partial charge in [0.25, 0.3) is 5.91 Å². The van der Waals surface area contributed by atoms with Crippen molar-refractivity contribution in [1.29, 1.82) is 0 Å². The summed E-state index contributed by atoms with van der Waals surface area (Å²) < 4.78 is 19.8. The van der Waals surface area contributed by atoms with Gasteiger partial charge in [-0.25, -0.2) is 14.0 Å². The molecule has 0 bridgehead atoms. The normalized spacial score (nSPS) is 22.6. The number of halogens is 1. The first-order chi connectivity index (χ1) is 19.0. The van der Waals surface area contributed by atoms with E-state index in [1.54, 1.807) is 31.0 Å². The standard InChI is InChI=1S/C27H31FN6O6/c1-15-10-33(27(39)32-9-8-19(35)12-32)22(25(37)38)21(15)23-29-26(31(3)11-17-4-6-18(28)7-5-17)34(30-23)24(36)20-14-40-13-16(20)2/h4-7,13-15,19,21-22,35H,8-12H2,1-3H3,(H,37,38). The first kappa shape index (κ1) is 27.3. The van der Waals surface area contributed by atoms with Crippen molar-refractivity contribution < 1.29 is 33.4 Å². The molecule has 0 saturated carbocycles. The number of carbonyl (C=O) groups excluding carboxylic acids is 2. The number of anilines is 1. The molecule has 5 rings (SSSR count). The van der Waals surface area contributed by atoms with Crippen LogP contribution in [0.15, 0.2) is 41.2 Å². The average molecular weight is 555 g/mol. The van der Waals surface area contributed by atoms with E-state index in [9.17, 15) is 29.0 Å². The van der Waals surface area contributed by atoms with Crippen LogP contribution in [0.3, 0.4) is 0 Å². The van der Waals surface area contributed by atoms with Crippen LogP contribution < -0.4 is 4.90 Å². The van der Waals surface area contributed by atoms with Gasteiger partial charge < -0.3 is 29.3 Å². The van der Waals surface area contributed by atoms with Crippen LogP contribution in [0, 0.1) is 18.7 Å². The van der Waals surface area contributed by atoms with Gasteiger partial charge in [0.15, 0.2) is 5.82 Å². The lowest BCUT2D eigenvalue weighted by molar-refractivity contribution is -0.142.